The zero-order valence-electron chi connectivity index (χ0n) is 18.9. The third kappa shape index (κ3) is 5.17. The molecular weight excluding hydrogens is 418 g/mol. The maximum absolute atomic E-state index is 12.4. The molecule has 0 saturated heterocycles. The first-order chi connectivity index (χ1) is 16.1. The van der Waals surface area contributed by atoms with Crippen LogP contribution < -0.4 is 16.4 Å². The molecule has 10 heteroatoms. The van der Waals surface area contributed by atoms with Gasteiger partial charge in [0.25, 0.3) is 0 Å². The number of nitrogens with zero attached hydrogens (tertiary/aromatic N) is 6. The molecule has 0 unspecified atom stereocenters. The van der Waals surface area contributed by atoms with Crippen LogP contribution in [-0.4, -0.2) is 48.4 Å². The van der Waals surface area contributed by atoms with Gasteiger partial charge in [-0.1, -0.05) is 32.0 Å². The quantitative estimate of drug-likeness (QED) is 0.317. The summed E-state index contributed by atoms with van der Waals surface area (Å²) < 4.78 is 3.52. The van der Waals surface area contributed by atoms with Crippen LogP contribution in [-0.2, 0) is 17.8 Å². The molecule has 0 aliphatic heterocycles. The Balaban J connectivity index is 1.62. The smallest absolute Gasteiger partial charge is 0.227 e. The van der Waals surface area contributed by atoms with Crippen molar-refractivity contribution in [1.29, 1.82) is 0 Å². The van der Waals surface area contributed by atoms with Gasteiger partial charge in [0.2, 0.25) is 11.9 Å². The van der Waals surface area contributed by atoms with E-state index in [-0.39, 0.29) is 18.2 Å². The number of carbonyl (C=O) groups excluding carboxylic acids is 1. The molecule has 0 aliphatic carbocycles. The van der Waals surface area contributed by atoms with Gasteiger partial charge in [-0.25, -0.2) is 9.67 Å². The average Bonchev–Trinajstić information content (AvgIpc) is 3.48. The number of nitrogens with one attached hydrogen (secondary N) is 2. The summed E-state index contributed by atoms with van der Waals surface area (Å²) in [7, 11) is 0. The molecule has 0 aliphatic rings. The number of carbonyl (C=O) groups is 1. The Kier molecular flexibility index (Phi) is 6.94. The number of aromatic nitrogens is 6. The SMILES string of the molecule is CC(C)c1cnn2c(NCc3ccccc3-n3cccn3)nc(CC(=O)NCCCN)nc12. The fourth-order valence-corrected chi connectivity index (χ4v) is 3.54. The topological polar surface area (TPSA) is 128 Å². The normalized spacial score (nSPS) is 11.3. The number of hydrogen-bond donors (Lipinski definition) is 3. The van der Waals surface area contributed by atoms with Crippen LogP contribution in [0.2, 0.25) is 0 Å². The van der Waals surface area contributed by atoms with Crippen molar-refractivity contribution in [2.75, 3.05) is 18.4 Å². The summed E-state index contributed by atoms with van der Waals surface area (Å²) in [6.07, 6.45) is 6.28. The number of nitrogens with two attached hydrogens (primary N) is 1. The van der Waals surface area contributed by atoms with Gasteiger partial charge in [0, 0.05) is 31.0 Å². The van der Waals surface area contributed by atoms with Gasteiger partial charge in [0.05, 0.1) is 18.3 Å². The average molecular weight is 448 g/mol. The first-order valence-electron chi connectivity index (χ1n) is 11.1. The van der Waals surface area contributed by atoms with E-state index >= 15 is 0 Å². The third-order valence-corrected chi connectivity index (χ3v) is 5.27. The number of hydrogen-bond acceptors (Lipinski definition) is 7. The highest BCUT2D eigenvalue weighted by atomic mass is 16.1. The van der Waals surface area contributed by atoms with Gasteiger partial charge in [-0.05, 0) is 36.6 Å². The lowest BCUT2D eigenvalue weighted by atomic mass is 10.1. The molecule has 0 radical (unpaired) electrons. The fraction of sp³-hybridized carbons (Fsp3) is 0.348. The van der Waals surface area contributed by atoms with Gasteiger partial charge in [0.1, 0.15) is 5.82 Å². The summed E-state index contributed by atoms with van der Waals surface area (Å²) in [6.45, 7) is 5.75. The van der Waals surface area contributed by atoms with Crippen LogP contribution in [0.3, 0.4) is 0 Å². The van der Waals surface area contributed by atoms with Crippen LogP contribution in [0.25, 0.3) is 11.3 Å². The van der Waals surface area contributed by atoms with E-state index in [1.165, 1.54) is 0 Å². The number of rotatable bonds is 10. The number of para-hydroxylation sites is 1. The van der Waals surface area contributed by atoms with Crippen LogP contribution in [0.1, 0.15) is 43.1 Å². The van der Waals surface area contributed by atoms with Crippen LogP contribution in [0.4, 0.5) is 5.95 Å². The summed E-state index contributed by atoms with van der Waals surface area (Å²) in [6, 6.07) is 9.91. The Labute approximate surface area is 192 Å². The maximum atomic E-state index is 12.4. The van der Waals surface area contributed by atoms with Crippen LogP contribution in [0.15, 0.2) is 48.9 Å². The Morgan fingerprint density at radius 3 is 2.76 bits per heavy atom. The van der Waals surface area contributed by atoms with Crippen LogP contribution in [0, 0.1) is 0 Å². The van der Waals surface area contributed by atoms with Crippen molar-refractivity contribution < 1.29 is 4.79 Å². The number of anilines is 1. The van der Waals surface area contributed by atoms with Crippen molar-refractivity contribution in [2.24, 2.45) is 5.73 Å². The predicted molar refractivity (Wildman–Crippen MR) is 126 cm³/mol. The molecule has 0 spiro atoms. The third-order valence-electron chi connectivity index (χ3n) is 5.27. The summed E-state index contributed by atoms with van der Waals surface area (Å²) in [5.41, 5.74) is 9.23. The van der Waals surface area contributed by atoms with Crippen molar-refractivity contribution in [2.45, 2.75) is 39.2 Å². The van der Waals surface area contributed by atoms with E-state index in [2.05, 4.69) is 44.6 Å². The molecule has 4 aromatic rings. The zero-order valence-corrected chi connectivity index (χ0v) is 18.9. The molecule has 0 bridgehead atoms. The van der Waals surface area contributed by atoms with E-state index in [4.69, 9.17) is 5.73 Å². The van der Waals surface area contributed by atoms with E-state index in [9.17, 15) is 4.79 Å². The minimum absolute atomic E-state index is 0.0857. The molecular formula is C23H29N9O. The van der Waals surface area contributed by atoms with E-state index in [0.717, 1.165) is 23.2 Å². The second-order valence-corrected chi connectivity index (χ2v) is 8.06. The Morgan fingerprint density at radius 2 is 2.00 bits per heavy atom. The lowest BCUT2D eigenvalue weighted by Crippen LogP contribution is -2.28. The standard InChI is InChI=1S/C23H29N9O/c1-16(2)18-15-28-32-22(18)29-20(13-21(33)25-10-5-9-24)30-23(32)26-14-17-7-3-4-8-19(17)31-12-6-11-27-31/h3-4,6-8,11-12,15-16H,5,9-10,13-14,24H2,1-2H3,(H,25,33)(H,26,29,30). The second-order valence-electron chi connectivity index (χ2n) is 8.06. The largest absolute Gasteiger partial charge is 0.356 e. The number of benzene rings is 1. The second kappa shape index (κ2) is 10.2. The highest BCUT2D eigenvalue weighted by molar-refractivity contribution is 5.78. The van der Waals surface area contributed by atoms with Gasteiger partial charge in [-0.15, -0.1) is 0 Å². The first kappa shape index (κ1) is 22.4. The van der Waals surface area contributed by atoms with E-state index in [0.29, 0.717) is 37.1 Å². The van der Waals surface area contributed by atoms with Gasteiger partial charge in [-0.2, -0.15) is 19.7 Å². The lowest BCUT2D eigenvalue weighted by Gasteiger charge is -2.13. The molecule has 3 heterocycles. The molecule has 3 aromatic heterocycles. The molecule has 172 valence electrons. The van der Waals surface area contributed by atoms with Crippen molar-refractivity contribution in [3.63, 3.8) is 0 Å². The minimum Gasteiger partial charge on any atom is -0.356 e. The predicted octanol–water partition coefficient (Wildman–Crippen LogP) is 2.05. The first-order valence-corrected chi connectivity index (χ1v) is 11.1. The summed E-state index contributed by atoms with van der Waals surface area (Å²) in [4.78, 5) is 21.6. The van der Waals surface area contributed by atoms with Crippen molar-refractivity contribution in [3.8, 4) is 5.69 Å². The molecule has 0 saturated carbocycles. The van der Waals surface area contributed by atoms with Gasteiger partial charge in [0.15, 0.2) is 5.65 Å². The number of fused-ring (bicyclic) bond motifs is 1. The molecule has 10 nitrogen and oxygen atoms in total. The fourth-order valence-electron chi connectivity index (χ4n) is 3.54. The minimum atomic E-state index is -0.131. The molecule has 0 atom stereocenters. The molecule has 33 heavy (non-hydrogen) atoms. The summed E-state index contributed by atoms with van der Waals surface area (Å²) in [5, 5.41) is 15.1. The maximum Gasteiger partial charge on any atom is 0.227 e. The summed E-state index contributed by atoms with van der Waals surface area (Å²) in [5.74, 6) is 1.08. The highest BCUT2D eigenvalue weighted by Crippen LogP contribution is 2.22. The lowest BCUT2D eigenvalue weighted by molar-refractivity contribution is -0.120. The summed E-state index contributed by atoms with van der Waals surface area (Å²) >= 11 is 0. The van der Waals surface area contributed by atoms with Crippen molar-refractivity contribution >= 4 is 17.5 Å². The number of amides is 1. The molecule has 0 fully saturated rings. The molecule has 1 aromatic carbocycles. The Bertz CT molecular complexity index is 1210. The van der Waals surface area contributed by atoms with E-state index in [1.54, 1.807) is 10.7 Å². The monoisotopic (exact) mass is 447 g/mol. The van der Waals surface area contributed by atoms with Crippen LogP contribution in [0.5, 0.6) is 0 Å². The molecule has 4 rings (SSSR count). The van der Waals surface area contributed by atoms with Gasteiger partial charge in [-0.3, -0.25) is 4.79 Å². The van der Waals surface area contributed by atoms with Crippen LogP contribution >= 0.6 is 0 Å². The van der Waals surface area contributed by atoms with Gasteiger partial charge < -0.3 is 16.4 Å². The van der Waals surface area contributed by atoms with Crippen molar-refractivity contribution in [3.05, 3.63) is 65.9 Å². The van der Waals surface area contributed by atoms with E-state index < -0.39 is 0 Å². The van der Waals surface area contributed by atoms with Gasteiger partial charge >= 0.3 is 0 Å². The zero-order chi connectivity index (χ0) is 23.2. The molecule has 4 N–H and O–H groups in total. The molecule has 1 amide bonds. The Hall–Kier alpha value is -3.79. The highest BCUT2D eigenvalue weighted by Gasteiger charge is 2.17. The van der Waals surface area contributed by atoms with Crippen molar-refractivity contribution in [1.82, 2.24) is 34.7 Å². The Morgan fingerprint density at radius 1 is 1.15 bits per heavy atom. The van der Waals surface area contributed by atoms with E-state index in [1.807, 2.05) is 47.4 Å².